The van der Waals surface area contributed by atoms with Crippen LogP contribution < -0.4 is 0 Å². The molecule has 0 saturated carbocycles. The van der Waals surface area contributed by atoms with Crippen molar-refractivity contribution in [2.45, 2.75) is 39.5 Å². The van der Waals surface area contributed by atoms with Crippen molar-refractivity contribution in [3.05, 3.63) is 56.6 Å². The number of hydrogen-bond donors (Lipinski definition) is 2. The summed E-state index contributed by atoms with van der Waals surface area (Å²) in [7, 11) is 0. The van der Waals surface area contributed by atoms with E-state index < -0.39 is 0 Å². The normalized spacial score (nSPS) is 8.96. The van der Waals surface area contributed by atoms with Gasteiger partial charge in [-0.25, -0.2) is 10.2 Å². The van der Waals surface area contributed by atoms with Gasteiger partial charge in [-0.3, -0.25) is 0 Å². The van der Waals surface area contributed by atoms with Gasteiger partial charge in [0.25, 0.3) is 0 Å². The fourth-order valence-electron chi connectivity index (χ4n) is 1.62. The first-order chi connectivity index (χ1) is 9.43. The van der Waals surface area contributed by atoms with E-state index >= 15 is 0 Å². The molecule has 6 heteroatoms. The molecule has 0 saturated heterocycles. The van der Waals surface area contributed by atoms with Gasteiger partial charge in [-0.1, -0.05) is 57.0 Å². The second kappa shape index (κ2) is 13.2. The molecule has 0 amide bonds. The molecule has 2 rings (SSSR count). The Hall–Kier alpha value is -1.29. The van der Waals surface area contributed by atoms with Crippen molar-refractivity contribution in [1.82, 2.24) is 15.4 Å². The third-order valence-electron chi connectivity index (χ3n) is 2.71. The topological polar surface area (TPSA) is 79.1 Å². The number of hydrogen-bond acceptors (Lipinski definition) is 5. The van der Waals surface area contributed by atoms with E-state index in [0.29, 0.717) is 0 Å². The quantitative estimate of drug-likeness (QED) is 0.759. The summed E-state index contributed by atoms with van der Waals surface area (Å²) in [6.45, 7) is 8.02. The van der Waals surface area contributed by atoms with Gasteiger partial charge in [0.2, 0.25) is 0 Å². The van der Waals surface area contributed by atoms with Gasteiger partial charge in [0, 0.05) is 11.5 Å². The SMILES string of the molecule is CC(C)c1cc(C(C)C)c(O)[c-]c1O.[CH3-].[CH3-].[Zr+4].[c-]1ccnnn1. The zero-order chi connectivity index (χ0) is 15.1. The smallest absolute Gasteiger partial charge is 0.534 e. The number of phenols is 2. The Bertz CT molecular complexity index is 479. The van der Waals surface area contributed by atoms with E-state index in [0.717, 1.165) is 11.1 Å². The maximum Gasteiger partial charge on any atom is 4.00 e. The Morgan fingerprint density at radius 3 is 1.65 bits per heavy atom. The fraction of sp³-hybridized carbons (Fsp3) is 0.353. The number of benzene rings is 1. The summed E-state index contributed by atoms with van der Waals surface area (Å²) >= 11 is 0. The Morgan fingerprint density at radius 1 is 0.957 bits per heavy atom. The molecule has 0 atom stereocenters. The summed E-state index contributed by atoms with van der Waals surface area (Å²) in [5.41, 5.74) is 1.68. The van der Waals surface area contributed by atoms with Crippen molar-refractivity contribution < 1.29 is 36.4 Å². The zero-order valence-corrected chi connectivity index (χ0v) is 17.1. The van der Waals surface area contributed by atoms with Crippen LogP contribution in [0.2, 0.25) is 0 Å². The Balaban J connectivity index is -0.000000382. The van der Waals surface area contributed by atoms with Crippen molar-refractivity contribution in [3.8, 4) is 11.5 Å². The van der Waals surface area contributed by atoms with E-state index in [1.54, 1.807) is 6.07 Å². The minimum Gasteiger partial charge on any atom is -0.534 e. The number of rotatable bonds is 2. The van der Waals surface area contributed by atoms with Crippen LogP contribution in [0, 0.1) is 27.1 Å². The number of nitrogens with zero attached hydrogens (tertiary/aromatic N) is 3. The number of aromatic nitrogens is 3. The van der Waals surface area contributed by atoms with Gasteiger partial charge in [0.1, 0.15) is 0 Å². The van der Waals surface area contributed by atoms with Crippen molar-refractivity contribution in [2.75, 3.05) is 0 Å². The van der Waals surface area contributed by atoms with Crippen molar-refractivity contribution in [3.63, 3.8) is 0 Å². The first-order valence-electron chi connectivity index (χ1n) is 6.42. The molecule has 0 unspecified atom stereocenters. The van der Waals surface area contributed by atoms with Crippen LogP contribution in [0.4, 0.5) is 0 Å². The van der Waals surface area contributed by atoms with Gasteiger partial charge < -0.3 is 25.1 Å². The van der Waals surface area contributed by atoms with E-state index in [4.69, 9.17) is 0 Å². The van der Waals surface area contributed by atoms with Crippen LogP contribution in [0.5, 0.6) is 11.5 Å². The predicted octanol–water partition coefficient (Wildman–Crippen LogP) is 3.71. The molecule has 1 aromatic carbocycles. The molecule has 0 spiro atoms. The summed E-state index contributed by atoms with van der Waals surface area (Å²) in [5.74, 6) is 0.595. The van der Waals surface area contributed by atoms with Crippen LogP contribution in [0.15, 0.2) is 18.3 Å². The molecule has 1 aromatic heterocycles. The first kappa shape index (κ1) is 26.6. The molecular formula is C17H25N3O2Zr. The summed E-state index contributed by atoms with van der Waals surface area (Å²) in [6, 6.07) is 6.03. The molecule has 0 radical (unpaired) electrons. The maximum absolute atomic E-state index is 9.55. The van der Waals surface area contributed by atoms with Gasteiger partial charge in [0.15, 0.2) is 0 Å². The molecule has 5 nitrogen and oxygen atoms in total. The molecule has 1 heterocycles. The van der Waals surface area contributed by atoms with E-state index in [2.05, 4.69) is 27.7 Å². The minimum atomic E-state index is 0. The molecule has 2 aromatic rings. The second-order valence-corrected chi connectivity index (χ2v) is 4.94. The average molecular weight is 395 g/mol. The molecular weight excluding hydrogens is 369 g/mol. The molecule has 2 N–H and O–H groups in total. The Morgan fingerprint density at radius 2 is 1.43 bits per heavy atom. The van der Waals surface area contributed by atoms with Crippen LogP contribution in [-0.4, -0.2) is 25.6 Å². The van der Waals surface area contributed by atoms with Crippen LogP contribution in [0.3, 0.4) is 0 Å². The molecule has 0 aliphatic rings. The number of phenolic OH excluding ortho intramolecular Hbond substituents is 2. The molecule has 0 aliphatic carbocycles. The molecule has 0 fully saturated rings. The first-order valence-corrected chi connectivity index (χ1v) is 6.42. The summed E-state index contributed by atoms with van der Waals surface area (Å²) in [4.78, 5) is 0. The van der Waals surface area contributed by atoms with Gasteiger partial charge in [0.05, 0.1) is 0 Å². The fourth-order valence-corrected chi connectivity index (χ4v) is 1.62. The van der Waals surface area contributed by atoms with Crippen LogP contribution >= 0.6 is 0 Å². The minimum absolute atomic E-state index is 0. The van der Waals surface area contributed by atoms with Gasteiger partial charge in [-0.15, -0.1) is 17.3 Å². The van der Waals surface area contributed by atoms with Crippen LogP contribution in [-0.2, 0) is 26.2 Å². The third kappa shape index (κ3) is 8.80. The molecule has 23 heavy (non-hydrogen) atoms. The third-order valence-corrected chi connectivity index (χ3v) is 2.71. The molecule has 124 valence electrons. The average Bonchev–Trinajstić information content (AvgIpc) is 2.40. The maximum atomic E-state index is 9.55. The summed E-state index contributed by atoms with van der Waals surface area (Å²) in [5, 5.41) is 29.0. The van der Waals surface area contributed by atoms with Crippen molar-refractivity contribution in [2.24, 2.45) is 0 Å². The van der Waals surface area contributed by atoms with Crippen molar-refractivity contribution >= 4 is 0 Å². The Kier molecular flexibility index (Phi) is 15.2. The van der Waals surface area contributed by atoms with Gasteiger partial charge in [-0.2, -0.15) is 12.1 Å². The van der Waals surface area contributed by atoms with E-state index in [1.807, 2.05) is 33.8 Å². The van der Waals surface area contributed by atoms with Crippen LogP contribution in [0.1, 0.15) is 50.7 Å². The van der Waals surface area contributed by atoms with Crippen LogP contribution in [0.25, 0.3) is 0 Å². The summed E-state index contributed by atoms with van der Waals surface area (Å²) < 4.78 is 0. The predicted molar refractivity (Wildman–Crippen MR) is 88.3 cm³/mol. The van der Waals surface area contributed by atoms with E-state index in [1.165, 1.54) is 6.20 Å². The summed E-state index contributed by atoms with van der Waals surface area (Å²) in [6.07, 6.45) is 3.99. The molecule has 0 aliphatic heterocycles. The molecule has 0 bridgehead atoms. The van der Waals surface area contributed by atoms with Crippen molar-refractivity contribution in [1.29, 1.82) is 0 Å². The zero-order valence-electron chi connectivity index (χ0n) is 14.6. The monoisotopic (exact) mass is 393 g/mol. The van der Waals surface area contributed by atoms with Gasteiger partial charge in [-0.05, 0) is 0 Å². The Labute approximate surface area is 159 Å². The standard InChI is InChI=1S/C12H17O2.C3H2N3.2CH3.Zr/c1-7(2)9-5-10(8(3)4)12(14)6-11(9)13;1-2-4-6-5-3-1;;;/h5,7-8,13-14H,1-4H3;1-2H;2*1H3;/q4*-1;+4. The number of aromatic hydroxyl groups is 2. The second-order valence-electron chi connectivity index (χ2n) is 4.94. The van der Waals surface area contributed by atoms with E-state index in [-0.39, 0.29) is 64.4 Å². The largest absolute Gasteiger partial charge is 4.00 e. The van der Waals surface area contributed by atoms with E-state index in [9.17, 15) is 10.2 Å². The van der Waals surface area contributed by atoms with Gasteiger partial charge >= 0.3 is 26.2 Å².